The van der Waals surface area contributed by atoms with Gasteiger partial charge in [-0.1, -0.05) is 59.9 Å². The molecule has 0 spiro atoms. The predicted octanol–water partition coefficient (Wildman–Crippen LogP) is 6.21. The fourth-order valence-electron chi connectivity index (χ4n) is 5.45. The van der Waals surface area contributed by atoms with Gasteiger partial charge in [0, 0.05) is 17.2 Å². The standard InChI is InChI=1S/C37H31FN2O6S/c1-5-44-36(43)31-32(23-9-7-6-8-10-23)39-37-40(33(31)24-11-14-26(38)15-12-24)34(41)30(47-37)20-27-16-18-29(46-27)28-17-13-25(19-22(28)4)35(42)45-21(2)3/h6-21,33H,5H2,1-4H3/b30-20+/t33-/m0/s1. The number of thiazole rings is 1. The molecule has 47 heavy (non-hydrogen) atoms. The second-order valence-electron chi connectivity index (χ2n) is 11.2. The molecule has 0 radical (unpaired) electrons. The minimum absolute atomic E-state index is 0.121. The van der Waals surface area contributed by atoms with Gasteiger partial charge in [-0.2, -0.15) is 0 Å². The zero-order chi connectivity index (χ0) is 33.2. The van der Waals surface area contributed by atoms with E-state index >= 15 is 0 Å². The van der Waals surface area contributed by atoms with E-state index in [0.717, 1.165) is 22.5 Å². The van der Waals surface area contributed by atoms with E-state index in [1.54, 1.807) is 69.3 Å². The van der Waals surface area contributed by atoms with Crippen molar-refractivity contribution in [2.45, 2.75) is 39.8 Å². The molecule has 10 heteroatoms. The van der Waals surface area contributed by atoms with E-state index in [4.69, 9.17) is 18.9 Å². The van der Waals surface area contributed by atoms with E-state index < -0.39 is 23.8 Å². The first-order valence-corrected chi connectivity index (χ1v) is 15.9. The molecule has 238 valence electrons. The third-order valence-electron chi connectivity index (χ3n) is 7.53. The summed E-state index contributed by atoms with van der Waals surface area (Å²) < 4.78 is 32.7. The fraction of sp³-hybridized carbons (Fsp3) is 0.189. The van der Waals surface area contributed by atoms with Gasteiger partial charge in [-0.15, -0.1) is 0 Å². The van der Waals surface area contributed by atoms with Gasteiger partial charge in [0.05, 0.1) is 40.1 Å². The number of aryl methyl sites for hydroxylation is 1. The number of aromatic nitrogens is 1. The lowest BCUT2D eigenvalue weighted by molar-refractivity contribution is -0.138. The van der Waals surface area contributed by atoms with Crippen molar-refractivity contribution < 1.29 is 27.9 Å². The van der Waals surface area contributed by atoms with Crippen molar-refractivity contribution in [3.63, 3.8) is 0 Å². The summed E-state index contributed by atoms with van der Waals surface area (Å²) in [5.74, 6) is -0.469. The zero-order valence-electron chi connectivity index (χ0n) is 26.2. The molecule has 8 nitrogen and oxygen atoms in total. The number of esters is 2. The molecule has 5 aromatic rings. The maximum atomic E-state index is 14.1. The summed E-state index contributed by atoms with van der Waals surface area (Å²) in [5.41, 5.74) is 3.43. The number of ether oxygens (including phenoxy) is 2. The molecule has 0 amide bonds. The molecule has 6 rings (SSSR count). The zero-order valence-corrected chi connectivity index (χ0v) is 27.0. The Labute approximate surface area is 273 Å². The number of hydrogen-bond acceptors (Lipinski definition) is 8. The van der Waals surface area contributed by atoms with Gasteiger partial charge in [-0.05, 0) is 75.2 Å². The van der Waals surface area contributed by atoms with Crippen LogP contribution in [0.4, 0.5) is 4.39 Å². The molecule has 0 saturated heterocycles. The number of furan rings is 1. The van der Waals surface area contributed by atoms with Crippen molar-refractivity contribution in [2.75, 3.05) is 6.61 Å². The van der Waals surface area contributed by atoms with E-state index in [2.05, 4.69) is 0 Å². The number of halogens is 1. The van der Waals surface area contributed by atoms with Crippen LogP contribution in [0.2, 0.25) is 0 Å². The van der Waals surface area contributed by atoms with Crippen LogP contribution in [0, 0.1) is 12.7 Å². The Morgan fingerprint density at radius 1 is 1.02 bits per heavy atom. The van der Waals surface area contributed by atoms with Gasteiger partial charge in [-0.25, -0.2) is 19.0 Å². The van der Waals surface area contributed by atoms with Crippen LogP contribution in [-0.2, 0) is 14.3 Å². The van der Waals surface area contributed by atoms with Crippen molar-refractivity contribution in [2.24, 2.45) is 4.99 Å². The molecule has 0 fully saturated rings. The molecule has 0 N–H and O–H groups in total. The Balaban J connectivity index is 1.46. The van der Waals surface area contributed by atoms with Gasteiger partial charge < -0.3 is 13.9 Å². The van der Waals surface area contributed by atoms with E-state index in [1.807, 2.05) is 37.3 Å². The average Bonchev–Trinajstić information content (AvgIpc) is 3.64. The highest BCUT2D eigenvalue weighted by Crippen LogP contribution is 2.35. The quantitative estimate of drug-likeness (QED) is 0.185. The van der Waals surface area contributed by atoms with Crippen LogP contribution in [0.25, 0.3) is 23.1 Å². The first kappa shape index (κ1) is 31.6. The summed E-state index contributed by atoms with van der Waals surface area (Å²) >= 11 is 1.16. The normalized spacial score (nSPS) is 14.6. The maximum Gasteiger partial charge on any atom is 0.338 e. The molecule has 1 atom stereocenters. The minimum Gasteiger partial charge on any atom is -0.463 e. The lowest BCUT2D eigenvalue weighted by Crippen LogP contribution is -2.40. The van der Waals surface area contributed by atoms with Crippen LogP contribution in [0.3, 0.4) is 0 Å². The van der Waals surface area contributed by atoms with Gasteiger partial charge in [0.15, 0.2) is 4.80 Å². The van der Waals surface area contributed by atoms with Crippen molar-refractivity contribution in [3.05, 3.63) is 144 Å². The smallest absolute Gasteiger partial charge is 0.338 e. The van der Waals surface area contributed by atoms with Crippen LogP contribution in [0.1, 0.15) is 59.6 Å². The molecule has 0 unspecified atom stereocenters. The summed E-state index contributed by atoms with van der Waals surface area (Å²) in [6.07, 6.45) is 1.41. The lowest BCUT2D eigenvalue weighted by Gasteiger charge is -2.25. The van der Waals surface area contributed by atoms with Gasteiger partial charge in [0.25, 0.3) is 5.56 Å². The molecule has 0 saturated carbocycles. The third kappa shape index (κ3) is 6.37. The van der Waals surface area contributed by atoms with Gasteiger partial charge in [0.1, 0.15) is 17.3 Å². The van der Waals surface area contributed by atoms with Crippen molar-refractivity contribution >= 4 is 35.0 Å². The van der Waals surface area contributed by atoms with Crippen molar-refractivity contribution in [1.29, 1.82) is 0 Å². The molecule has 1 aliphatic heterocycles. The maximum absolute atomic E-state index is 14.1. The molecule has 3 aromatic carbocycles. The fourth-order valence-corrected chi connectivity index (χ4v) is 6.44. The Kier molecular flexibility index (Phi) is 8.86. The number of nitrogens with zero attached hydrogens (tertiary/aromatic N) is 2. The molecule has 1 aliphatic rings. The van der Waals surface area contributed by atoms with Gasteiger partial charge >= 0.3 is 11.9 Å². The van der Waals surface area contributed by atoms with E-state index in [9.17, 15) is 18.8 Å². The summed E-state index contributed by atoms with van der Waals surface area (Å²) in [6.45, 7) is 7.30. The highest BCUT2D eigenvalue weighted by molar-refractivity contribution is 7.07. The highest BCUT2D eigenvalue weighted by atomic mass is 32.1. The van der Waals surface area contributed by atoms with E-state index in [0.29, 0.717) is 43.2 Å². The minimum atomic E-state index is -0.918. The largest absolute Gasteiger partial charge is 0.463 e. The summed E-state index contributed by atoms with van der Waals surface area (Å²) in [4.78, 5) is 45.2. The van der Waals surface area contributed by atoms with Crippen molar-refractivity contribution in [1.82, 2.24) is 4.57 Å². The number of benzene rings is 3. The number of rotatable bonds is 8. The molecular formula is C37H31FN2O6S. The molecular weight excluding hydrogens is 619 g/mol. The Hall–Kier alpha value is -5.35. The monoisotopic (exact) mass is 650 g/mol. The van der Waals surface area contributed by atoms with Crippen LogP contribution >= 0.6 is 11.3 Å². The number of carbonyl (C=O) groups excluding carboxylic acids is 2. The Bertz CT molecular complexity index is 2190. The molecule has 2 aromatic heterocycles. The molecule has 3 heterocycles. The average molecular weight is 651 g/mol. The summed E-state index contributed by atoms with van der Waals surface area (Å²) in [7, 11) is 0. The van der Waals surface area contributed by atoms with E-state index in [-0.39, 0.29) is 23.8 Å². The van der Waals surface area contributed by atoms with Crippen LogP contribution in [-0.4, -0.2) is 29.2 Å². The number of hydrogen-bond donors (Lipinski definition) is 0. The lowest BCUT2D eigenvalue weighted by atomic mass is 9.93. The highest BCUT2D eigenvalue weighted by Gasteiger charge is 2.35. The van der Waals surface area contributed by atoms with Crippen LogP contribution in [0.5, 0.6) is 0 Å². The second-order valence-corrected chi connectivity index (χ2v) is 12.2. The number of carbonyl (C=O) groups is 2. The molecule has 0 aliphatic carbocycles. The second kappa shape index (κ2) is 13.2. The molecule has 0 bridgehead atoms. The topological polar surface area (TPSA) is 100 Å². The summed E-state index contributed by atoms with van der Waals surface area (Å²) in [6, 6.07) is 22.8. The third-order valence-corrected chi connectivity index (χ3v) is 8.51. The SMILES string of the molecule is CCOC(=O)C1=C(c2ccccc2)N=c2s/c(=C/c3ccc(-c4ccc(C(=O)OC(C)C)cc4C)o3)c(=O)n2[C@H]1c1ccc(F)cc1. The van der Waals surface area contributed by atoms with Crippen molar-refractivity contribution in [3.8, 4) is 11.3 Å². The van der Waals surface area contributed by atoms with Crippen LogP contribution in [0.15, 0.2) is 105 Å². The first-order chi connectivity index (χ1) is 22.6. The van der Waals surface area contributed by atoms with Gasteiger partial charge in [-0.3, -0.25) is 9.36 Å². The summed E-state index contributed by atoms with van der Waals surface area (Å²) in [5, 5.41) is 0. The van der Waals surface area contributed by atoms with Crippen LogP contribution < -0.4 is 14.9 Å². The Morgan fingerprint density at radius 2 is 1.77 bits per heavy atom. The Morgan fingerprint density at radius 3 is 2.45 bits per heavy atom. The van der Waals surface area contributed by atoms with Gasteiger partial charge in [0.2, 0.25) is 0 Å². The predicted molar refractivity (Wildman–Crippen MR) is 177 cm³/mol. The first-order valence-electron chi connectivity index (χ1n) is 15.1. The van der Waals surface area contributed by atoms with E-state index in [1.165, 1.54) is 16.7 Å². The number of fused-ring (bicyclic) bond motifs is 1.